The Hall–Kier alpha value is -1.51. The second-order valence-electron chi connectivity index (χ2n) is 6.09. The third kappa shape index (κ3) is 5.76. The minimum absolute atomic E-state index is 0.0385. The van der Waals surface area contributed by atoms with E-state index in [-0.39, 0.29) is 25.4 Å². The van der Waals surface area contributed by atoms with Crippen molar-refractivity contribution in [2.75, 3.05) is 0 Å². The fourth-order valence-electron chi connectivity index (χ4n) is 2.86. The van der Waals surface area contributed by atoms with Gasteiger partial charge in [0.25, 0.3) is 0 Å². The van der Waals surface area contributed by atoms with E-state index >= 15 is 0 Å². The predicted octanol–water partition coefficient (Wildman–Crippen LogP) is 5.13. The number of nitrogens with one attached hydrogen (secondary N) is 1. The maximum Gasteiger partial charge on any atom is 0.461 e. The Kier molecular flexibility index (Phi) is 6.18. The van der Waals surface area contributed by atoms with Gasteiger partial charge in [-0.05, 0) is 37.0 Å². The van der Waals surface area contributed by atoms with E-state index in [4.69, 9.17) is 0 Å². The number of hydrogen-bond acceptors (Lipinski definition) is 2. The Balaban J connectivity index is 1.92. The average Bonchev–Trinajstić information content (AvgIpc) is 2.52. The first-order chi connectivity index (χ1) is 11.6. The lowest BCUT2D eigenvalue weighted by Crippen LogP contribution is -2.38. The van der Waals surface area contributed by atoms with Gasteiger partial charge >= 0.3 is 18.7 Å². The number of benzene rings is 1. The Morgan fingerprint density at radius 2 is 1.84 bits per heavy atom. The molecule has 2 unspecified atom stereocenters. The first-order valence-electron chi connectivity index (χ1n) is 7.82. The van der Waals surface area contributed by atoms with Crippen LogP contribution in [-0.2, 0) is 6.54 Å². The standard InChI is InChI=1S/C16H18F7NO/c17-14(18)16(22,23)25-13-6-1-3-10(7-13)9-24-12-5-2-4-11(8-12)15(19,20)21/h1,3,6-7,11-12,14,24H,2,4-5,8-9H2. The molecule has 0 spiro atoms. The Morgan fingerprint density at radius 1 is 1.12 bits per heavy atom. The van der Waals surface area contributed by atoms with Gasteiger partial charge in [-0.25, -0.2) is 0 Å². The molecule has 0 aromatic heterocycles. The van der Waals surface area contributed by atoms with Gasteiger partial charge < -0.3 is 10.1 Å². The fourth-order valence-corrected chi connectivity index (χ4v) is 2.86. The average molecular weight is 373 g/mol. The van der Waals surface area contributed by atoms with Gasteiger partial charge in [-0.1, -0.05) is 18.6 Å². The number of alkyl halides is 7. The molecule has 0 saturated heterocycles. The molecule has 2 nitrogen and oxygen atoms in total. The Bertz CT molecular complexity index is 562. The normalized spacial score (nSPS) is 22.2. The van der Waals surface area contributed by atoms with E-state index in [2.05, 4.69) is 10.1 Å². The third-order valence-electron chi connectivity index (χ3n) is 4.14. The minimum Gasteiger partial charge on any atom is -0.428 e. The molecule has 1 aromatic rings. The smallest absolute Gasteiger partial charge is 0.428 e. The highest BCUT2D eigenvalue weighted by atomic mass is 19.4. The molecule has 1 N–H and O–H groups in total. The molecule has 25 heavy (non-hydrogen) atoms. The van der Waals surface area contributed by atoms with Crippen LogP contribution in [0.3, 0.4) is 0 Å². The van der Waals surface area contributed by atoms with E-state index in [0.717, 1.165) is 12.1 Å². The van der Waals surface area contributed by atoms with Crippen molar-refractivity contribution in [2.24, 2.45) is 5.92 Å². The molecule has 1 aliphatic rings. The molecule has 2 atom stereocenters. The topological polar surface area (TPSA) is 21.3 Å². The highest BCUT2D eigenvalue weighted by molar-refractivity contribution is 5.28. The molecular weight excluding hydrogens is 355 g/mol. The van der Waals surface area contributed by atoms with E-state index in [1.165, 1.54) is 6.07 Å². The van der Waals surface area contributed by atoms with Crippen LogP contribution in [0.4, 0.5) is 30.7 Å². The van der Waals surface area contributed by atoms with E-state index in [1.54, 1.807) is 6.07 Å². The molecule has 0 heterocycles. The van der Waals surface area contributed by atoms with Gasteiger partial charge in [-0.2, -0.15) is 30.7 Å². The Morgan fingerprint density at radius 3 is 2.48 bits per heavy atom. The molecule has 1 saturated carbocycles. The maximum absolute atomic E-state index is 12.9. The SMILES string of the molecule is FC(F)C(F)(F)Oc1cccc(CNC2CCCC(C(F)(F)F)C2)c1. The van der Waals surface area contributed by atoms with Gasteiger partial charge in [0, 0.05) is 12.6 Å². The number of rotatable bonds is 6. The summed E-state index contributed by atoms with van der Waals surface area (Å²) in [4.78, 5) is 0. The van der Waals surface area contributed by atoms with Crippen molar-refractivity contribution < 1.29 is 35.5 Å². The number of halogens is 7. The van der Waals surface area contributed by atoms with Crippen LogP contribution in [0.25, 0.3) is 0 Å². The van der Waals surface area contributed by atoms with Gasteiger partial charge in [-0.3, -0.25) is 0 Å². The molecule has 1 aromatic carbocycles. The van der Waals surface area contributed by atoms with Crippen molar-refractivity contribution in [3.05, 3.63) is 29.8 Å². The lowest BCUT2D eigenvalue weighted by molar-refractivity contribution is -0.253. The summed E-state index contributed by atoms with van der Waals surface area (Å²) in [5.74, 6) is -1.78. The summed E-state index contributed by atoms with van der Waals surface area (Å²) in [7, 11) is 0. The van der Waals surface area contributed by atoms with Crippen molar-refractivity contribution in [1.29, 1.82) is 0 Å². The van der Waals surface area contributed by atoms with Gasteiger partial charge in [0.1, 0.15) is 5.75 Å². The van der Waals surface area contributed by atoms with Crippen molar-refractivity contribution in [2.45, 2.75) is 57.0 Å². The van der Waals surface area contributed by atoms with Crippen molar-refractivity contribution in [3.63, 3.8) is 0 Å². The Labute approximate surface area is 140 Å². The van der Waals surface area contributed by atoms with Crippen LogP contribution < -0.4 is 10.1 Å². The van der Waals surface area contributed by atoms with Crippen LogP contribution in [0, 0.1) is 5.92 Å². The van der Waals surface area contributed by atoms with Gasteiger partial charge in [0.15, 0.2) is 0 Å². The van der Waals surface area contributed by atoms with E-state index in [1.807, 2.05) is 0 Å². The highest BCUT2D eigenvalue weighted by Gasteiger charge is 2.44. The van der Waals surface area contributed by atoms with Crippen molar-refractivity contribution in [3.8, 4) is 5.75 Å². The zero-order valence-electron chi connectivity index (χ0n) is 13.1. The summed E-state index contributed by atoms with van der Waals surface area (Å²) < 4.78 is 92.4. The zero-order chi connectivity index (χ0) is 18.7. The highest BCUT2D eigenvalue weighted by Crippen LogP contribution is 2.37. The summed E-state index contributed by atoms with van der Waals surface area (Å²) in [6.07, 6.45) is -11.7. The van der Waals surface area contributed by atoms with Crippen LogP contribution in [0.15, 0.2) is 24.3 Å². The molecule has 0 bridgehead atoms. The van der Waals surface area contributed by atoms with Crippen molar-refractivity contribution in [1.82, 2.24) is 5.32 Å². The largest absolute Gasteiger partial charge is 0.461 e. The van der Waals surface area contributed by atoms with Crippen LogP contribution in [0.5, 0.6) is 5.75 Å². The van der Waals surface area contributed by atoms with Gasteiger partial charge in [0.2, 0.25) is 0 Å². The zero-order valence-corrected chi connectivity index (χ0v) is 13.1. The lowest BCUT2D eigenvalue weighted by Gasteiger charge is -2.31. The van der Waals surface area contributed by atoms with Gasteiger partial charge in [0.05, 0.1) is 5.92 Å². The molecule has 1 aliphatic carbocycles. The molecule has 2 rings (SSSR count). The summed E-state index contributed by atoms with van der Waals surface area (Å²) in [6.45, 7) is 0.132. The van der Waals surface area contributed by atoms with Crippen LogP contribution in [0.1, 0.15) is 31.2 Å². The third-order valence-corrected chi connectivity index (χ3v) is 4.14. The molecule has 142 valence electrons. The molecule has 0 radical (unpaired) electrons. The number of hydrogen-bond donors (Lipinski definition) is 1. The second kappa shape index (κ2) is 7.80. The number of ether oxygens (including phenoxy) is 1. The lowest BCUT2D eigenvalue weighted by atomic mass is 9.85. The summed E-state index contributed by atoms with van der Waals surface area (Å²) in [5.41, 5.74) is 0.455. The van der Waals surface area contributed by atoms with E-state index in [0.29, 0.717) is 18.4 Å². The van der Waals surface area contributed by atoms with E-state index in [9.17, 15) is 30.7 Å². The summed E-state index contributed by atoms with van der Waals surface area (Å²) in [5, 5.41) is 2.96. The van der Waals surface area contributed by atoms with Crippen LogP contribution >= 0.6 is 0 Å². The first kappa shape index (κ1) is 19.8. The van der Waals surface area contributed by atoms with Crippen LogP contribution in [0.2, 0.25) is 0 Å². The second-order valence-corrected chi connectivity index (χ2v) is 6.09. The predicted molar refractivity (Wildman–Crippen MR) is 76.7 cm³/mol. The first-order valence-corrected chi connectivity index (χ1v) is 7.82. The monoisotopic (exact) mass is 373 g/mol. The molecule has 0 amide bonds. The summed E-state index contributed by atoms with van der Waals surface area (Å²) >= 11 is 0. The van der Waals surface area contributed by atoms with Crippen molar-refractivity contribution >= 4 is 0 Å². The molecule has 9 heteroatoms. The fraction of sp³-hybridized carbons (Fsp3) is 0.625. The maximum atomic E-state index is 12.9. The van der Waals surface area contributed by atoms with Crippen LogP contribution in [-0.4, -0.2) is 24.8 Å². The quantitative estimate of drug-likeness (QED) is 0.698. The summed E-state index contributed by atoms with van der Waals surface area (Å²) in [6, 6.07) is 4.83. The minimum atomic E-state index is -4.60. The molecule has 0 aliphatic heterocycles. The molecular formula is C16H18F7NO. The van der Waals surface area contributed by atoms with E-state index < -0.39 is 30.4 Å². The van der Waals surface area contributed by atoms with Gasteiger partial charge in [-0.15, -0.1) is 0 Å². The molecule has 1 fully saturated rings.